The molecule has 1 radical (unpaired) electrons. The molecule has 1 saturated heterocycles. The van der Waals surface area contributed by atoms with Gasteiger partial charge in [-0.05, 0) is 28.8 Å². The Bertz CT molecular complexity index is 835. The van der Waals surface area contributed by atoms with Crippen molar-refractivity contribution in [2.24, 2.45) is 0 Å². The molecule has 0 N–H and O–H groups in total. The zero-order chi connectivity index (χ0) is 15.6. The summed E-state index contributed by atoms with van der Waals surface area (Å²) in [6.45, 7) is 1.61. The first kappa shape index (κ1) is 14.0. The van der Waals surface area contributed by atoms with Crippen LogP contribution in [0.1, 0.15) is 28.3 Å². The van der Waals surface area contributed by atoms with Crippen LogP contribution in [-0.2, 0) is 0 Å². The Balaban J connectivity index is 1.60. The van der Waals surface area contributed by atoms with Crippen LogP contribution in [0.2, 0.25) is 0 Å². The van der Waals surface area contributed by atoms with Gasteiger partial charge in [0.05, 0.1) is 5.56 Å². The van der Waals surface area contributed by atoms with Crippen molar-refractivity contribution in [3.8, 4) is 0 Å². The van der Waals surface area contributed by atoms with E-state index in [9.17, 15) is 4.79 Å². The third kappa shape index (κ3) is 2.61. The van der Waals surface area contributed by atoms with Crippen LogP contribution in [-0.4, -0.2) is 23.9 Å². The van der Waals surface area contributed by atoms with E-state index in [1.165, 1.54) is 5.56 Å². The maximum absolute atomic E-state index is 12.9. The van der Waals surface area contributed by atoms with Gasteiger partial charge in [-0.3, -0.25) is 4.79 Å². The maximum atomic E-state index is 12.9. The summed E-state index contributed by atoms with van der Waals surface area (Å²) in [6, 6.07) is 25.5. The van der Waals surface area contributed by atoms with E-state index in [1.807, 2.05) is 47.4 Å². The number of likely N-dealkylation sites (tertiary alicyclic amines) is 1. The topological polar surface area (TPSA) is 20.3 Å². The summed E-state index contributed by atoms with van der Waals surface area (Å²) in [5.74, 6) is 0.537. The lowest BCUT2D eigenvalue weighted by atomic mass is 9.99. The monoisotopic (exact) mass is 300 g/mol. The highest BCUT2D eigenvalue weighted by Crippen LogP contribution is 2.29. The lowest BCUT2D eigenvalue weighted by Gasteiger charge is -2.18. The van der Waals surface area contributed by atoms with E-state index in [-0.39, 0.29) is 5.91 Å². The molecule has 1 atom stereocenters. The van der Waals surface area contributed by atoms with E-state index < -0.39 is 0 Å². The van der Waals surface area contributed by atoms with Gasteiger partial charge in [0.1, 0.15) is 0 Å². The molecule has 3 aromatic carbocycles. The minimum Gasteiger partial charge on any atom is -0.338 e. The van der Waals surface area contributed by atoms with Gasteiger partial charge in [0, 0.05) is 19.0 Å². The SMILES string of the molecule is O=C(c1[c]ccc2ccccc12)N1CCC(c2ccccc2)C1. The van der Waals surface area contributed by atoms with Crippen molar-refractivity contribution in [1.29, 1.82) is 0 Å². The second-order valence-electron chi connectivity index (χ2n) is 6.09. The summed E-state index contributed by atoms with van der Waals surface area (Å²) >= 11 is 0. The average Bonchev–Trinajstić information content (AvgIpc) is 3.11. The molecule has 0 saturated carbocycles. The molecule has 0 aliphatic carbocycles. The van der Waals surface area contributed by atoms with Crippen LogP contribution in [0.5, 0.6) is 0 Å². The standard InChI is InChI=1S/C21H18NO/c23-21(20-12-6-10-17-9-4-5-11-19(17)20)22-14-13-18(15-22)16-7-2-1-3-8-16/h1-11,18H,13-15H2. The Morgan fingerprint density at radius 1 is 1.00 bits per heavy atom. The third-order valence-electron chi connectivity index (χ3n) is 4.68. The Morgan fingerprint density at radius 2 is 1.78 bits per heavy atom. The quantitative estimate of drug-likeness (QED) is 0.692. The molecule has 0 spiro atoms. The van der Waals surface area contributed by atoms with Gasteiger partial charge in [-0.1, -0.05) is 66.7 Å². The van der Waals surface area contributed by atoms with Crippen LogP contribution in [0.25, 0.3) is 10.8 Å². The van der Waals surface area contributed by atoms with Gasteiger partial charge in [0.2, 0.25) is 0 Å². The molecule has 1 amide bonds. The van der Waals surface area contributed by atoms with E-state index in [1.54, 1.807) is 0 Å². The van der Waals surface area contributed by atoms with Crippen molar-refractivity contribution >= 4 is 16.7 Å². The number of rotatable bonds is 2. The number of hydrogen-bond acceptors (Lipinski definition) is 1. The highest BCUT2D eigenvalue weighted by molar-refractivity contribution is 6.06. The van der Waals surface area contributed by atoms with Gasteiger partial charge in [0.25, 0.3) is 5.91 Å². The van der Waals surface area contributed by atoms with E-state index in [4.69, 9.17) is 0 Å². The van der Waals surface area contributed by atoms with Gasteiger partial charge in [0.15, 0.2) is 0 Å². The van der Waals surface area contributed by atoms with Crippen LogP contribution in [0.3, 0.4) is 0 Å². The summed E-state index contributed by atoms with van der Waals surface area (Å²) < 4.78 is 0. The van der Waals surface area contributed by atoms with Crippen molar-refractivity contribution in [1.82, 2.24) is 4.90 Å². The summed E-state index contributed by atoms with van der Waals surface area (Å²) in [6.07, 6.45) is 1.03. The lowest BCUT2D eigenvalue weighted by molar-refractivity contribution is 0.0792. The van der Waals surface area contributed by atoms with Crippen molar-refractivity contribution < 1.29 is 4.79 Å². The Hall–Kier alpha value is -2.61. The van der Waals surface area contributed by atoms with Crippen LogP contribution in [0.4, 0.5) is 0 Å². The molecular weight excluding hydrogens is 282 g/mol. The van der Waals surface area contributed by atoms with Gasteiger partial charge >= 0.3 is 0 Å². The van der Waals surface area contributed by atoms with E-state index >= 15 is 0 Å². The molecule has 113 valence electrons. The predicted octanol–water partition coefficient (Wildman–Crippen LogP) is 4.27. The molecule has 4 rings (SSSR count). The van der Waals surface area contributed by atoms with E-state index in [0.717, 1.165) is 30.3 Å². The summed E-state index contributed by atoms with van der Waals surface area (Å²) in [4.78, 5) is 14.9. The van der Waals surface area contributed by atoms with Crippen LogP contribution >= 0.6 is 0 Å². The van der Waals surface area contributed by atoms with Crippen molar-refractivity contribution in [3.63, 3.8) is 0 Å². The first-order valence-corrected chi connectivity index (χ1v) is 8.06. The van der Waals surface area contributed by atoms with Gasteiger partial charge in [-0.2, -0.15) is 0 Å². The van der Waals surface area contributed by atoms with E-state index in [2.05, 4.69) is 30.3 Å². The minimum absolute atomic E-state index is 0.0974. The van der Waals surface area contributed by atoms with Gasteiger partial charge < -0.3 is 4.90 Å². The fraction of sp³-hybridized carbons (Fsp3) is 0.190. The van der Waals surface area contributed by atoms with Crippen LogP contribution < -0.4 is 0 Å². The zero-order valence-electron chi connectivity index (χ0n) is 12.9. The smallest absolute Gasteiger partial charge is 0.255 e. The molecule has 1 aliphatic heterocycles. The summed E-state index contributed by atoms with van der Waals surface area (Å²) in [7, 11) is 0. The number of fused-ring (bicyclic) bond motifs is 1. The van der Waals surface area contributed by atoms with Crippen molar-refractivity contribution in [3.05, 3.63) is 83.9 Å². The maximum Gasteiger partial charge on any atom is 0.255 e. The molecule has 1 unspecified atom stereocenters. The predicted molar refractivity (Wildman–Crippen MR) is 92.5 cm³/mol. The number of carbonyl (C=O) groups excluding carboxylic acids is 1. The minimum atomic E-state index is 0.0974. The second kappa shape index (κ2) is 5.88. The molecular formula is C21H18NO. The number of carbonyl (C=O) groups is 1. The first-order chi connectivity index (χ1) is 11.3. The third-order valence-corrected chi connectivity index (χ3v) is 4.68. The molecule has 1 aliphatic rings. The Labute approximate surface area is 136 Å². The van der Waals surface area contributed by atoms with Crippen LogP contribution in [0.15, 0.2) is 66.7 Å². The highest BCUT2D eigenvalue weighted by atomic mass is 16.2. The highest BCUT2D eigenvalue weighted by Gasteiger charge is 2.28. The molecule has 2 nitrogen and oxygen atoms in total. The molecule has 0 bridgehead atoms. The van der Waals surface area contributed by atoms with E-state index in [0.29, 0.717) is 11.5 Å². The van der Waals surface area contributed by atoms with Crippen molar-refractivity contribution in [2.45, 2.75) is 12.3 Å². The molecule has 0 aromatic heterocycles. The fourth-order valence-corrected chi connectivity index (χ4v) is 3.44. The number of nitrogens with zero attached hydrogens (tertiary/aromatic N) is 1. The first-order valence-electron chi connectivity index (χ1n) is 8.06. The zero-order valence-corrected chi connectivity index (χ0v) is 12.9. The largest absolute Gasteiger partial charge is 0.338 e. The number of benzene rings is 3. The Morgan fingerprint density at radius 3 is 2.65 bits per heavy atom. The van der Waals surface area contributed by atoms with Crippen molar-refractivity contribution in [2.75, 3.05) is 13.1 Å². The van der Waals surface area contributed by atoms with Crippen LogP contribution in [0, 0.1) is 6.07 Å². The molecule has 3 aromatic rings. The molecule has 1 heterocycles. The van der Waals surface area contributed by atoms with Gasteiger partial charge in [-0.15, -0.1) is 0 Å². The molecule has 1 fully saturated rings. The van der Waals surface area contributed by atoms with Gasteiger partial charge in [-0.25, -0.2) is 0 Å². The normalized spacial score (nSPS) is 17.6. The lowest BCUT2D eigenvalue weighted by Crippen LogP contribution is -2.28. The summed E-state index contributed by atoms with van der Waals surface area (Å²) in [5, 5.41) is 2.08. The summed E-state index contributed by atoms with van der Waals surface area (Å²) in [5.41, 5.74) is 2.02. The molecule has 2 heteroatoms. The number of hydrogen-bond donors (Lipinski definition) is 0. The number of amides is 1. The average molecular weight is 300 g/mol. The molecule has 23 heavy (non-hydrogen) atoms. The fourth-order valence-electron chi connectivity index (χ4n) is 3.44. The Kier molecular flexibility index (Phi) is 3.58. The second-order valence-corrected chi connectivity index (χ2v) is 6.09.